The molecule has 0 saturated carbocycles. The molecule has 0 aliphatic carbocycles. The molecule has 1 aliphatic heterocycles. The van der Waals surface area contributed by atoms with E-state index >= 15 is 0 Å². The van der Waals surface area contributed by atoms with E-state index in [0.717, 1.165) is 13.1 Å². The highest BCUT2D eigenvalue weighted by molar-refractivity contribution is 7.78. The smallest absolute Gasteiger partial charge is 0.149 e. The first kappa shape index (κ1) is 6.96. The fourth-order valence-electron chi connectivity index (χ4n) is 1.07. The molecule has 51 valence electrons. The van der Waals surface area contributed by atoms with Gasteiger partial charge < -0.3 is 5.43 Å². The molecule has 1 aliphatic rings. The van der Waals surface area contributed by atoms with Crippen LogP contribution in [0.2, 0.25) is 0 Å². The largest absolute Gasteiger partial charge is 0.307 e. The van der Waals surface area contributed by atoms with Crippen LogP contribution in [-0.2, 0) is 0 Å². The number of nitrogens with zero attached hydrogens (tertiary/aromatic N) is 1. The average molecular weight is 143 g/mol. The normalized spacial score (nSPS) is 21.3. The molecule has 1 rings (SSSR count). The van der Waals surface area contributed by atoms with Gasteiger partial charge in [0.05, 0.1) is 0 Å². The second-order valence-corrected chi connectivity index (χ2v) is 2.47. The summed E-state index contributed by atoms with van der Waals surface area (Å²) in [5, 5.41) is 2.11. The van der Waals surface area contributed by atoms with Gasteiger partial charge in [0.25, 0.3) is 0 Å². The Balaban J connectivity index is 2.15. The minimum atomic E-state index is 1.11. The second kappa shape index (κ2) is 3.80. The summed E-state index contributed by atoms with van der Waals surface area (Å²) in [5.74, 6) is 0. The number of hydrogen-bond acceptors (Lipinski definition) is 2. The molecule has 0 spiro atoms. The van der Waals surface area contributed by atoms with E-state index in [2.05, 4.69) is 28.1 Å². The van der Waals surface area contributed by atoms with Crippen molar-refractivity contribution in [3.63, 3.8) is 0 Å². The van der Waals surface area contributed by atoms with Crippen LogP contribution in [0, 0.1) is 0 Å². The molecular weight excluding hydrogens is 132 g/mol. The van der Waals surface area contributed by atoms with Crippen molar-refractivity contribution in [1.82, 2.24) is 10.4 Å². The molecule has 0 bridgehead atoms. The zero-order valence-corrected chi connectivity index (χ0v) is 6.21. The van der Waals surface area contributed by atoms with Gasteiger partial charge in [-0.3, -0.25) is 0 Å². The van der Waals surface area contributed by atoms with Gasteiger partial charge in [0.1, 0.15) is 5.49 Å². The van der Waals surface area contributed by atoms with Crippen molar-refractivity contribution in [2.45, 2.75) is 19.3 Å². The van der Waals surface area contributed by atoms with Gasteiger partial charge in [0.15, 0.2) is 0 Å². The van der Waals surface area contributed by atoms with E-state index < -0.39 is 0 Å². The highest BCUT2D eigenvalue weighted by atomic mass is 32.1. The van der Waals surface area contributed by atoms with Gasteiger partial charge in [-0.2, -0.15) is 0 Å². The fraction of sp³-hybridized carbons (Fsp3) is 0.833. The SMILES string of the molecule is S=[C]NN1CCCCC1. The van der Waals surface area contributed by atoms with Crippen molar-refractivity contribution in [2.75, 3.05) is 13.1 Å². The maximum absolute atomic E-state index is 4.53. The summed E-state index contributed by atoms with van der Waals surface area (Å²) in [6, 6.07) is 0. The molecule has 0 unspecified atom stereocenters. The highest BCUT2D eigenvalue weighted by Crippen LogP contribution is 2.04. The van der Waals surface area contributed by atoms with E-state index in [1.807, 2.05) is 0 Å². The van der Waals surface area contributed by atoms with Crippen LogP contribution in [0.5, 0.6) is 0 Å². The minimum Gasteiger partial charge on any atom is -0.307 e. The Labute approximate surface area is 61.2 Å². The number of nitrogens with one attached hydrogen (secondary N) is 1. The summed E-state index contributed by atoms with van der Waals surface area (Å²) in [6.45, 7) is 2.23. The van der Waals surface area contributed by atoms with E-state index in [1.165, 1.54) is 19.3 Å². The number of piperidine rings is 1. The summed E-state index contributed by atoms with van der Waals surface area (Å²) in [4.78, 5) is 0. The molecule has 1 N–H and O–H groups in total. The maximum atomic E-state index is 4.53. The van der Waals surface area contributed by atoms with Crippen molar-refractivity contribution < 1.29 is 0 Å². The third-order valence-electron chi connectivity index (χ3n) is 1.56. The van der Waals surface area contributed by atoms with Gasteiger partial charge in [0.2, 0.25) is 0 Å². The van der Waals surface area contributed by atoms with Crippen LogP contribution in [0.4, 0.5) is 0 Å². The zero-order valence-electron chi connectivity index (χ0n) is 5.39. The molecule has 0 aromatic rings. The monoisotopic (exact) mass is 143 g/mol. The zero-order chi connectivity index (χ0) is 6.53. The van der Waals surface area contributed by atoms with Crippen LogP contribution in [0.15, 0.2) is 0 Å². The Bertz CT molecular complexity index is 89.1. The number of hydrogen-bond donors (Lipinski definition) is 1. The van der Waals surface area contributed by atoms with E-state index in [4.69, 9.17) is 0 Å². The molecule has 0 aromatic carbocycles. The second-order valence-electron chi connectivity index (χ2n) is 2.26. The number of thiocarbonyl (C=S) groups is 1. The van der Waals surface area contributed by atoms with Crippen LogP contribution in [0.1, 0.15) is 19.3 Å². The van der Waals surface area contributed by atoms with Crippen molar-refractivity contribution in [3.05, 3.63) is 0 Å². The maximum Gasteiger partial charge on any atom is 0.149 e. The average Bonchev–Trinajstić information content (AvgIpc) is 1.91. The summed E-state index contributed by atoms with van der Waals surface area (Å²) < 4.78 is 0. The summed E-state index contributed by atoms with van der Waals surface area (Å²) >= 11 is 4.53. The predicted octanol–water partition coefficient (Wildman–Crippen LogP) is 0.811. The van der Waals surface area contributed by atoms with Crippen molar-refractivity contribution in [2.24, 2.45) is 0 Å². The topological polar surface area (TPSA) is 15.3 Å². The van der Waals surface area contributed by atoms with Gasteiger partial charge in [-0.25, -0.2) is 5.01 Å². The van der Waals surface area contributed by atoms with Crippen molar-refractivity contribution in [1.29, 1.82) is 0 Å². The van der Waals surface area contributed by atoms with Gasteiger partial charge in [-0.15, -0.1) is 0 Å². The Morgan fingerprint density at radius 1 is 1.22 bits per heavy atom. The van der Waals surface area contributed by atoms with Crippen LogP contribution in [0.3, 0.4) is 0 Å². The Kier molecular flexibility index (Phi) is 2.94. The third kappa shape index (κ3) is 2.28. The molecule has 1 saturated heterocycles. The number of hydrazine groups is 1. The molecule has 2 nitrogen and oxygen atoms in total. The molecule has 0 amide bonds. The molecule has 9 heavy (non-hydrogen) atoms. The van der Waals surface area contributed by atoms with E-state index in [9.17, 15) is 0 Å². The lowest BCUT2D eigenvalue weighted by Crippen LogP contribution is -2.40. The van der Waals surface area contributed by atoms with Crippen molar-refractivity contribution >= 4 is 17.7 Å². The summed E-state index contributed by atoms with van der Waals surface area (Å²) in [7, 11) is 0. The van der Waals surface area contributed by atoms with E-state index in [-0.39, 0.29) is 0 Å². The van der Waals surface area contributed by atoms with Gasteiger partial charge in [-0.1, -0.05) is 18.6 Å². The standard InChI is InChI=1S/C6H11N2S/c9-6-7-8-4-2-1-3-5-8/h1-5H2,(H,7,9). The van der Waals surface area contributed by atoms with Crippen molar-refractivity contribution in [3.8, 4) is 0 Å². The molecule has 1 heterocycles. The van der Waals surface area contributed by atoms with Crippen LogP contribution >= 0.6 is 12.2 Å². The molecule has 3 heteroatoms. The summed E-state index contributed by atoms with van der Waals surface area (Å²) in [5.41, 5.74) is 5.38. The van der Waals surface area contributed by atoms with E-state index in [0.29, 0.717) is 0 Å². The number of rotatable bonds is 2. The molecule has 0 aromatic heterocycles. The molecule has 0 atom stereocenters. The fourth-order valence-corrected chi connectivity index (χ4v) is 1.20. The molecular formula is C6H11N2S. The first-order valence-corrected chi connectivity index (χ1v) is 3.72. The molecule has 1 radical (unpaired) electrons. The Morgan fingerprint density at radius 2 is 1.89 bits per heavy atom. The quantitative estimate of drug-likeness (QED) is 0.455. The minimum absolute atomic E-state index is 1.11. The highest BCUT2D eigenvalue weighted by Gasteiger charge is 2.06. The first-order chi connectivity index (χ1) is 4.43. The predicted molar refractivity (Wildman–Crippen MR) is 41.2 cm³/mol. The lowest BCUT2D eigenvalue weighted by molar-refractivity contribution is 0.198. The summed E-state index contributed by atoms with van der Waals surface area (Å²) in [6.07, 6.45) is 3.92. The van der Waals surface area contributed by atoms with Gasteiger partial charge in [0, 0.05) is 13.1 Å². The van der Waals surface area contributed by atoms with Gasteiger partial charge in [-0.05, 0) is 12.8 Å². The Morgan fingerprint density at radius 3 is 2.44 bits per heavy atom. The van der Waals surface area contributed by atoms with Gasteiger partial charge >= 0.3 is 0 Å². The third-order valence-corrected chi connectivity index (χ3v) is 1.65. The molecule has 1 fully saturated rings. The van der Waals surface area contributed by atoms with Crippen LogP contribution in [-0.4, -0.2) is 23.6 Å². The van der Waals surface area contributed by atoms with Crippen LogP contribution in [0.25, 0.3) is 0 Å². The van der Waals surface area contributed by atoms with E-state index in [1.54, 1.807) is 0 Å². The lowest BCUT2D eigenvalue weighted by atomic mass is 10.2. The lowest BCUT2D eigenvalue weighted by Gasteiger charge is -2.24. The Hall–Kier alpha value is -0.150. The first-order valence-electron chi connectivity index (χ1n) is 3.31. The van der Waals surface area contributed by atoms with Crippen LogP contribution < -0.4 is 5.43 Å².